The third kappa shape index (κ3) is 5.00. The highest BCUT2D eigenvalue weighted by molar-refractivity contribution is 7.89. The molecule has 2 aliphatic rings. The summed E-state index contributed by atoms with van der Waals surface area (Å²) in [6.45, 7) is 1.89. The molecule has 0 spiro atoms. The Balaban J connectivity index is 1.48. The van der Waals surface area contributed by atoms with Crippen LogP contribution in [0.1, 0.15) is 26.2 Å². The SMILES string of the molecule is CC(=O)Nc1ccc(N2C(=O)CC(N(CC3CCCO3)S(=O)(=O)c3ccc4ccccc4c3)C2=O)cc1. The number of hydrogen-bond donors (Lipinski definition) is 1. The Morgan fingerprint density at radius 2 is 1.78 bits per heavy atom. The molecule has 1 N–H and O–H groups in total. The summed E-state index contributed by atoms with van der Waals surface area (Å²) < 4.78 is 34.7. The number of nitrogens with zero attached hydrogens (tertiary/aromatic N) is 2. The van der Waals surface area contributed by atoms with Gasteiger partial charge in [0.15, 0.2) is 0 Å². The lowest BCUT2D eigenvalue weighted by Crippen LogP contribution is -2.48. The number of anilines is 2. The molecule has 3 aromatic carbocycles. The van der Waals surface area contributed by atoms with Crippen molar-refractivity contribution >= 4 is 49.9 Å². The van der Waals surface area contributed by atoms with Gasteiger partial charge in [0.2, 0.25) is 21.8 Å². The third-order valence-corrected chi connectivity index (χ3v) is 8.52. The topological polar surface area (TPSA) is 113 Å². The second-order valence-corrected chi connectivity index (χ2v) is 11.1. The fourth-order valence-electron chi connectivity index (χ4n) is 4.85. The quantitative estimate of drug-likeness (QED) is 0.478. The molecule has 3 amide bonds. The fraction of sp³-hybridized carbons (Fsp3) is 0.296. The Hall–Kier alpha value is -3.60. The molecule has 10 heteroatoms. The highest BCUT2D eigenvalue weighted by Crippen LogP contribution is 2.32. The molecule has 2 unspecified atom stereocenters. The van der Waals surface area contributed by atoms with Crippen LogP contribution in [0.3, 0.4) is 0 Å². The van der Waals surface area contributed by atoms with Gasteiger partial charge in [-0.3, -0.25) is 14.4 Å². The predicted molar refractivity (Wildman–Crippen MR) is 138 cm³/mol. The van der Waals surface area contributed by atoms with E-state index in [1.54, 1.807) is 36.4 Å². The van der Waals surface area contributed by atoms with Gasteiger partial charge in [-0.05, 0) is 60.0 Å². The number of benzene rings is 3. The Kier molecular flexibility index (Phi) is 6.80. The molecule has 0 saturated carbocycles. The van der Waals surface area contributed by atoms with Gasteiger partial charge in [-0.1, -0.05) is 30.3 Å². The van der Waals surface area contributed by atoms with Gasteiger partial charge < -0.3 is 10.1 Å². The number of rotatable bonds is 7. The Labute approximate surface area is 215 Å². The molecular formula is C27H27N3O6S. The van der Waals surface area contributed by atoms with E-state index >= 15 is 0 Å². The highest BCUT2D eigenvalue weighted by atomic mass is 32.2. The zero-order valence-electron chi connectivity index (χ0n) is 20.3. The van der Waals surface area contributed by atoms with Crippen LogP contribution in [0.4, 0.5) is 11.4 Å². The molecule has 2 atom stereocenters. The van der Waals surface area contributed by atoms with E-state index in [9.17, 15) is 22.8 Å². The van der Waals surface area contributed by atoms with Crippen molar-refractivity contribution in [1.82, 2.24) is 4.31 Å². The maximum atomic E-state index is 13.9. The minimum absolute atomic E-state index is 0.0197. The number of imide groups is 1. The van der Waals surface area contributed by atoms with Gasteiger partial charge in [-0.25, -0.2) is 13.3 Å². The normalized spacial score (nSPS) is 20.2. The summed E-state index contributed by atoms with van der Waals surface area (Å²) in [5.74, 6) is -1.35. The number of fused-ring (bicyclic) bond motifs is 1. The molecule has 0 aliphatic carbocycles. The van der Waals surface area contributed by atoms with Crippen molar-refractivity contribution in [2.75, 3.05) is 23.4 Å². The number of amides is 3. The third-order valence-electron chi connectivity index (χ3n) is 6.65. The standard InChI is InChI=1S/C27H27N3O6S/c1-18(31)28-21-9-11-22(12-10-21)30-26(32)16-25(27(30)33)29(17-23-7-4-14-36-23)37(34,35)24-13-8-19-5-2-3-6-20(19)15-24/h2-3,5-6,8-13,15,23,25H,4,7,14,16-17H2,1H3,(H,28,31). The minimum Gasteiger partial charge on any atom is -0.377 e. The lowest BCUT2D eigenvalue weighted by atomic mass is 10.1. The Bertz CT molecular complexity index is 1460. The van der Waals surface area contributed by atoms with Gasteiger partial charge in [-0.2, -0.15) is 4.31 Å². The molecule has 192 valence electrons. The van der Waals surface area contributed by atoms with Gasteiger partial charge in [0.25, 0.3) is 5.91 Å². The maximum absolute atomic E-state index is 13.9. The summed E-state index contributed by atoms with van der Waals surface area (Å²) in [4.78, 5) is 39.0. The van der Waals surface area contributed by atoms with Gasteiger partial charge in [-0.15, -0.1) is 0 Å². The monoisotopic (exact) mass is 521 g/mol. The highest BCUT2D eigenvalue weighted by Gasteiger charge is 2.47. The summed E-state index contributed by atoms with van der Waals surface area (Å²) in [6, 6.07) is 17.3. The van der Waals surface area contributed by atoms with Crippen LogP contribution in [-0.2, 0) is 29.1 Å². The van der Waals surface area contributed by atoms with Crippen molar-refractivity contribution in [3.63, 3.8) is 0 Å². The second kappa shape index (κ2) is 10.0. The van der Waals surface area contributed by atoms with Crippen molar-refractivity contribution in [3.8, 4) is 0 Å². The first-order valence-electron chi connectivity index (χ1n) is 12.1. The van der Waals surface area contributed by atoms with Crippen molar-refractivity contribution in [2.24, 2.45) is 0 Å². The largest absolute Gasteiger partial charge is 0.377 e. The molecule has 2 fully saturated rings. The first-order valence-corrected chi connectivity index (χ1v) is 13.5. The summed E-state index contributed by atoms with van der Waals surface area (Å²) in [5.41, 5.74) is 0.831. The van der Waals surface area contributed by atoms with E-state index in [4.69, 9.17) is 4.74 Å². The number of nitrogens with one attached hydrogen (secondary N) is 1. The summed E-state index contributed by atoms with van der Waals surface area (Å²) in [7, 11) is -4.14. The first-order chi connectivity index (χ1) is 17.7. The van der Waals surface area contributed by atoms with Gasteiger partial charge in [0, 0.05) is 25.8 Å². The first kappa shape index (κ1) is 25.1. The zero-order chi connectivity index (χ0) is 26.2. The molecule has 0 aromatic heterocycles. The van der Waals surface area contributed by atoms with Crippen molar-refractivity contribution < 1.29 is 27.5 Å². The van der Waals surface area contributed by atoms with E-state index in [0.717, 1.165) is 26.4 Å². The Morgan fingerprint density at radius 1 is 1.05 bits per heavy atom. The summed E-state index contributed by atoms with van der Waals surface area (Å²) >= 11 is 0. The van der Waals surface area contributed by atoms with Crippen LogP contribution < -0.4 is 10.2 Å². The summed E-state index contributed by atoms with van der Waals surface area (Å²) in [6.07, 6.45) is 0.849. The molecule has 2 saturated heterocycles. The van der Waals surface area contributed by atoms with Crippen molar-refractivity contribution in [2.45, 2.75) is 43.2 Å². The van der Waals surface area contributed by atoms with Crippen LogP contribution in [0.2, 0.25) is 0 Å². The van der Waals surface area contributed by atoms with Crippen LogP contribution in [0.25, 0.3) is 10.8 Å². The lowest BCUT2D eigenvalue weighted by Gasteiger charge is -2.29. The zero-order valence-corrected chi connectivity index (χ0v) is 21.1. The average Bonchev–Trinajstić information content (AvgIpc) is 3.49. The molecule has 0 bridgehead atoms. The molecule has 3 aromatic rings. The van der Waals surface area contributed by atoms with Crippen LogP contribution in [0, 0.1) is 0 Å². The van der Waals surface area contributed by atoms with E-state index in [1.807, 2.05) is 24.3 Å². The fourth-order valence-corrected chi connectivity index (χ4v) is 6.50. The molecule has 0 radical (unpaired) electrons. The van der Waals surface area contributed by atoms with Gasteiger partial charge in [0.05, 0.1) is 23.1 Å². The van der Waals surface area contributed by atoms with Crippen LogP contribution in [-0.4, -0.2) is 55.7 Å². The van der Waals surface area contributed by atoms with E-state index in [2.05, 4.69) is 5.32 Å². The lowest BCUT2D eigenvalue weighted by molar-refractivity contribution is -0.122. The van der Waals surface area contributed by atoms with Crippen LogP contribution in [0.5, 0.6) is 0 Å². The molecular weight excluding hydrogens is 494 g/mol. The average molecular weight is 522 g/mol. The van der Waals surface area contributed by atoms with E-state index in [1.165, 1.54) is 13.0 Å². The van der Waals surface area contributed by atoms with Crippen molar-refractivity contribution in [3.05, 3.63) is 66.7 Å². The second-order valence-electron chi connectivity index (χ2n) is 9.23. The number of carbonyl (C=O) groups is 3. The Morgan fingerprint density at radius 3 is 2.46 bits per heavy atom. The van der Waals surface area contributed by atoms with Gasteiger partial charge in [0.1, 0.15) is 6.04 Å². The molecule has 5 rings (SSSR count). The molecule has 2 aliphatic heterocycles. The van der Waals surface area contributed by atoms with E-state index in [0.29, 0.717) is 24.4 Å². The predicted octanol–water partition coefficient (Wildman–Crippen LogP) is 3.30. The van der Waals surface area contributed by atoms with Crippen LogP contribution in [0.15, 0.2) is 71.6 Å². The molecule has 9 nitrogen and oxygen atoms in total. The van der Waals surface area contributed by atoms with Gasteiger partial charge >= 0.3 is 0 Å². The number of sulfonamides is 1. The van der Waals surface area contributed by atoms with Crippen molar-refractivity contribution in [1.29, 1.82) is 0 Å². The number of hydrogen-bond acceptors (Lipinski definition) is 6. The minimum atomic E-state index is -4.14. The van der Waals surface area contributed by atoms with E-state index < -0.39 is 27.9 Å². The number of ether oxygens (including phenoxy) is 1. The molecule has 37 heavy (non-hydrogen) atoms. The smallest absolute Gasteiger partial charge is 0.252 e. The number of carbonyl (C=O) groups excluding carboxylic acids is 3. The van der Waals surface area contributed by atoms with E-state index in [-0.39, 0.29) is 29.9 Å². The molecule has 2 heterocycles. The maximum Gasteiger partial charge on any atom is 0.252 e. The van der Waals surface area contributed by atoms with Crippen LogP contribution >= 0.6 is 0 Å². The summed E-state index contributed by atoms with van der Waals surface area (Å²) in [5, 5.41) is 4.29.